The summed E-state index contributed by atoms with van der Waals surface area (Å²) in [7, 11) is 9.10. The van der Waals surface area contributed by atoms with Crippen molar-refractivity contribution in [2.45, 2.75) is 43.7 Å². The van der Waals surface area contributed by atoms with Crippen LogP contribution in [0.2, 0.25) is 0 Å². The Hall–Kier alpha value is -4.64. The lowest BCUT2D eigenvalue weighted by Crippen LogP contribution is -2.58. The van der Waals surface area contributed by atoms with Crippen LogP contribution >= 0.6 is 0 Å². The van der Waals surface area contributed by atoms with Gasteiger partial charge < -0.3 is 38.1 Å². The number of halogens is 6. The lowest BCUT2D eigenvalue weighted by molar-refractivity contribution is -0.176. The van der Waals surface area contributed by atoms with Crippen molar-refractivity contribution in [3.8, 4) is 23.0 Å². The Morgan fingerprint density at radius 1 is 0.887 bits per heavy atom. The van der Waals surface area contributed by atoms with Crippen LogP contribution in [0.3, 0.4) is 0 Å². The largest absolute Gasteiger partial charge is 0.497 e. The molecule has 0 radical (unpaired) electrons. The van der Waals surface area contributed by atoms with Gasteiger partial charge in [0.05, 0.1) is 53.1 Å². The minimum absolute atomic E-state index is 0.0170. The maximum atomic E-state index is 13.5. The van der Waals surface area contributed by atoms with E-state index in [1.807, 2.05) is 12.1 Å². The Morgan fingerprint density at radius 3 is 2.09 bits per heavy atom. The fraction of sp³-hybridized carbons (Fsp3) is 0.500. The van der Waals surface area contributed by atoms with Crippen molar-refractivity contribution < 1.29 is 69.1 Å². The number of hydrogen-bond acceptors (Lipinski definition) is 10. The van der Waals surface area contributed by atoms with Gasteiger partial charge in [-0.25, -0.2) is 4.79 Å². The standard InChI is InChI=1S/C33H40N2O9.C3F6/c1-38-19-7-8-20-21-9-10-35-16-18-13-27(44-32(36)17-11-25(39-2)30(41-4)26(12-17)40-3)31(42-5)28(33(37)43-6)22(18)15-24(35)29(21)34-23(20)14-19;4-1(2(5)6)3(7,8)9/h7-8,11-12,14,18,22,24,27-28,31,34H,9-10,13,15-16H2,1-6H3;/t18-,22+,24-,27-,28+,31+;/m1./s1. The van der Waals surface area contributed by atoms with E-state index in [1.165, 1.54) is 45.1 Å². The number of alkyl halides is 3. The van der Waals surface area contributed by atoms with E-state index < -0.39 is 42.2 Å². The van der Waals surface area contributed by atoms with Crippen LogP contribution in [0.5, 0.6) is 23.0 Å². The summed E-state index contributed by atoms with van der Waals surface area (Å²) in [6.45, 7) is 1.68. The predicted octanol–water partition coefficient (Wildman–Crippen LogP) is 6.80. The number of ether oxygens (including phenoxy) is 7. The third-order valence-corrected chi connectivity index (χ3v) is 10.2. The Bertz CT molecular complexity index is 1820. The van der Waals surface area contributed by atoms with Crippen LogP contribution in [0.1, 0.15) is 40.5 Å². The molecular formula is C36H40F6N2O9. The van der Waals surface area contributed by atoms with Gasteiger partial charge in [0.15, 0.2) is 11.5 Å². The van der Waals surface area contributed by atoms with E-state index in [-0.39, 0.29) is 29.4 Å². The van der Waals surface area contributed by atoms with Gasteiger partial charge in [0, 0.05) is 42.9 Å². The van der Waals surface area contributed by atoms with E-state index in [1.54, 1.807) is 26.4 Å². The Labute approximate surface area is 301 Å². The number of benzene rings is 2. The fourth-order valence-electron chi connectivity index (χ4n) is 7.87. The van der Waals surface area contributed by atoms with Gasteiger partial charge in [0.2, 0.25) is 5.75 Å². The first-order valence-corrected chi connectivity index (χ1v) is 16.5. The minimum Gasteiger partial charge on any atom is -0.497 e. The number of carbonyl (C=O) groups is 2. The normalized spacial score (nSPS) is 23.6. The third-order valence-electron chi connectivity index (χ3n) is 10.2. The van der Waals surface area contributed by atoms with Crippen molar-refractivity contribution in [3.05, 3.63) is 59.1 Å². The molecule has 1 saturated heterocycles. The molecule has 3 aliphatic rings. The molecule has 290 valence electrons. The van der Waals surface area contributed by atoms with Crippen LogP contribution in [0, 0.1) is 17.8 Å². The number of nitrogens with one attached hydrogen (secondary N) is 1. The molecule has 6 atom stereocenters. The number of piperidine rings is 1. The number of esters is 2. The van der Waals surface area contributed by atoms with Crippen LogP contribution in [-0.4, -0.2) is 96.0 Å². The van der Waals surface area contributed by atoms with Crippen LogP contribution < -0.4 is 18.9 Å². The van der Waals surface area contributed by atoms with Gasteiger partial charge in [-0.3, -0.25) is 9.69 Å². The third kappa shape index (κ3) is 7.86. The molecule has 3 aromatic rings. The summed E-state index contributed by atoms with van der Waals surface area (Å²) in [5.74, 6) is -2.89. The molecule has 0 spiro atoms. The summed E-state index contributed by atoms with van der Waals surface area (Å²) in [6.07, 6.45) is -7.98. The van der Waals surface area contributed by atoms with E-state index in [2.05, 4.69) is 16.0 Å². The highest BCUT2D eigenvalue weighted by atomic mass is 19.4. The van der Waals surface area contributed by atoms with E-state index >= 15 is 0 Å². The molecule has 11 nitrogen and oxygen atoms in total. The molecule has 17 heteroatoms. The number of H-pyrrole nitrogens is 1. The number of methoxy groups -OCH3 is 6. The molecule has 1 saturated carbocycles. The lowest BCUT2D eigenvalue weighted by atomic mass is 9.63. The number of aromatic nitrogens is 1. The summed E-state index contributed by atoms with van der Waals surface area (Å²) in [5.41, 5.74) is 3.83. The highest BCUT2D eigenvalue weighted by molar-refractivity contribution is 5.91. The second kappa shape index (κ2) is 16.2. The molecule has 1 aliphatic carbocycles. The predicted molar refractivity (Wildman–Crippen MR) is 177 cm³/mol. The van der Waals surface area contributed by atoms with Crippen molar-refractivity contribution in [3.63, 3.8) is 0 Å². The molecule has 53 heavy (non-hydrogen) atoms. The maximum Gasteiger partial charge on any atom is 0.448 e. The SMILES string of the molecule is COC(=O)[C@H]1[C@H]2C[C@@H]3c4[nH]c5cc(OC)ccc5c4CCN3C[C@H]2C[C@@H](OC(=O)c2cc(OC)c(OC)c(OC)c2)[C@@H]1OC.FC(F)=C(F)C(F)(F)F. The molecule has 1 aromatic heterocycles. The van der Waals surface area contributed by atoms with Crippen molar-refractivity contribution in [2.24, 2.45) is 17.8 Å². The summed E-state index contributed by atoms with van der Waals surface area (Å²) < 4.78 is 104. The lowest BCUT2D eigenvalue weighted by Gasteiger charge is -2.52. The molecule has 0 amide bonds. The van der Waals surface area contributed by atoms with Crippen LogP contribution in [0.4, 0.5) is 26.3 Å². The van der Waals surface area contributed by atoms with Gasteiger partial charge in [-0.1, -0.05) is 0 Å². The van der Waals surface area contributed by atoms with E-state index in [9.17, 15) is 35.9 Å². The van der Waals surface area contributed by atoms with E-state index in [4.69, 9.17) is 33.2 Å². The minimum atomic E-state index is -5.56. The van der Waals surface area contributed by atoms with Crippen LogP contribution in [0.25, 0.3) is 10.9 Å². The van der Waals surface area contributed by atoms with E-state index in [0.717, 1.165) is 37.2 Å². The Balaban J connectivity index is 0.000000534. The Morgan fingerprint density at radius 2 is 1.57 bits per heavy atom. The van der Waals surface area contributed by atoms with Crippen LogP contribution in [-0.2, 0) is 25.4 Å². The maximum absolute atomic E-state index is 13.5. The molecular weight excluding hydrogens is 718 g/mol. The average Bonchev–Trinajstić information content (AvgIpc) is 3.53. The second-order valence-corrected chi connectivity index (χ2v) is 12.8. The molecule has 1 N–H and O–H groups in total. The molecule has 2 aliphatic heterocycles. The first kappa shape index (κ1) is 39.6. The van der Waals surface area contributed by atoms with E-state index in [0.29, 0.717) is 23.7 Å². The highest BCUT2D eigenvalue weighted by Crippen LogP contribution is 2.51. The second-order valence-electron chi connectivity index (χ2n) is 12.8. The summed E-state index contributed by atoms with van der Waals surface area (Å²) in [6, 6.07) is 9.40. The zero-order chi connectivity index (χ0) is 38.8. The van der Waals surface area contributed by atoms with Crippen LogP contribution in [0.15, 0.2) is 42.2 Å². The number of hydrogen-bond donors (Lipinski definition) is 1. The fourth-order valence-corrected chi connectivity index (χ4v) is 7.87. The van der Waals surface area contributed by atoms with Gasteiger partial charge >= 0.3 is 24.2 Å². The average molecular weight is 759 g/mol. The topological polar surface area (TPSA) is 118 Å². The summed E-state index contributed by atoms with van der Waals surface area (Å²) in [5, 5.41) is 1.21. The van der Waals surface area contributed by atoms with Crippen molar-refractivity contribution >= 4 is 22.8 Å². The van der Waals surface area contributed by atoms with Gasteiger partial charge in [0.1, 0.15) is 18.0 Å². The quantitative estimate of drug-likeness (QED) is 0.194. The van der Waals surface area contributed by atoms with Crippen molar-refractivity contribution in [2.75, 3.05) is 55.7 Å². The zero-order valence-electron chi connectivity index (χ0n) is 29.8. The molecule has 2 fully saturated rings. The first-order chi connectivity index (χ1) is 25.2. The monoisotopic (exact) mass is 758 g/mol. The number of rotatable bonds is 8. The number of aromatic amines is 1. The smallest absolute Gasteiger partial charge is 0.448 e. The van der Waals surface area contributed by atoms with Gasteiger partial charge in [0.25, 0.3) is 5.83 Å². The highest BCUT2D eigenvalue weighted by Gasteiger charge is 2.54. The van der Waals surface area contributed by atoms with Gasteiger partial charge in [-0.15, -0.1) is 0 Å². The molecule has 0 unspecified atom stereocenters. The Kier molecular flexibility index (Phi) is 12.1. The van der Waals surface area contributed by atoms with Crippen molar-refractivity contribution in [1.29, 1.82) is 0 Å². The van der Waals surface area contributed by atoms with Crippen molar-refractivity contribution in [1.82, 2.24) is 9.88 Å². The summed E-state index contributed by atoms with van der Waals surface area (Å²) in [4.78, 5) is 33.1. The molecule has 3 heterocycles. The molecule has 0 bridgehead atoms. The number of nitrogens with zero attached hydrogens (tertiary/aromatic N) is 1. The van der Waals surface area contributed by atoms with Gasteiger partial charge in [-0.05, 0) is 60.9 Å². The number of allylic oxidation sites excluding steroid dienone is 1. The number of fused-ring (bicyclic) bond motifs is 6. The summed E-state index contributed by atoms with van der Waals surface area (Å²) >= 11 is 0. The zero-order valence-corrected chi connectivity index (χ0v) is 29.8. The first-order valence-electron chi connectivity index (χ1n) is 16.5. The molecule has 6 rings (SSSR count). The molecule has 2 aromatic carbocycles. The van der Waals surface area contributed by atoms with Gasteiger partial charge in [-0.2, -0.15) is 26.3 Å². The number of carbonyl (C=O) groups excluding carboxylic acids is 2.